The fraction of sp³-hybridized carbons (Fsp3) is 0.583. The van der Waals surface area contributed by atoms with E-state index in [-0.39, 0.29) is 17.6 Å². The van der Waals surface area contributed by atoms with Crippen molar-refractivity contribution in [2.45, 2.75) is 32.3 Å². The van der Waals surface area contributed by atoms with Crippen LogP contribution in [-0.4, -0.2) is 17.0 Å². The van der Waals surface area contributed by atoms with Crippen LogP contribution in [0, 0.1) is 11.8 Å². The van der Waals surface area contributed by atoms with E-state index in [1.807, 2.05) is 13.0 Å². The van der Waals surface area contributed by atoms with E-state index in [2.05, 4.69) is 6.58 Å². The number of hydrogen-bond donors (Lipinski definition) is 1. The summed E-state index contributed by atoms with van der Waals surface area (Å²) in [4.78, 5) is 11.5. The van der Waals surface area contributed by atoms with Gasteiger partial charge in [0, 0.05) is 0 Å². The monoisotopic (exact) mass is 194 g/mol. The number of carbonyl (C=O) groups excluding carboxylic acids is 1. The Morgan fingerprint density at radius 3 is 3.00 bits per heavy atom. The van der Waals surface area contributed by atoms with Crippen LogP contribution in [0.3, 0.4) is 0 Å². The third-order valence-corrected chi connectivity index (χ3v) is 2.74. The number of aliphatic hydroxyl groups is 1. The molecular weight excluding hydrogens is 176 g/mol. The van der Waals surface area contributed by atoms with Crippen molar-refractivity contribution in [3.05, 3.63) is 24.8 Å². The van der Waals surface area contributed by atoms with Crippen molar-refractivity contribution in [1.29, 1.82) is 0 Å². The van der Waals surface area contributed by atoms with Crippen LogP contribution < -0.4 is 0 Å². The highest BCUT2D eigenvalue weighted by Crippen LogP contribution is 2.30. The molecule has 1 rings (SSSR count). The van der Waals surface area contributed by atoms with Crippen LogP contribution in [0.15, 0.2) is 24.8 Å². The molecule has 0 aliphatic heterocycles. The summed E-state index contributed by atoms with van der Waals surface area (Å²) in [7, 11) is 0. The normalized spacial score (nSPS) is 28.0. The van der Waals surface area contributed by atoms with E-state index in [4.69, 9.17) is 0 Å². The molecule has 0 heterocycles. The largest absolute Gasteiger partial charge is 0.392 e. The smallest absolute Gasteiger partial charge is 0.161 e. The quantitative estimate of drug-likeness (QED) is 0.680. The SMILES string of the molecule is C=CCC1C=CC(=O)C1C(O)CCC. The predicted molar refractivity (Wildman–Crippen MR) is 56.9 cm³/mol. The van der Waals surface area contributed by atoms with E-state index < -0.39 is 6.10 Å². The van der Waals surface area contributed by atoms with Gasteiger partial charge in [-0.25, -0.2) is 0 Å². The molecule has 0 amide bonds. The Labute approximate surface area is 85.3 Å². The predicted octanol–water partition coefficient (Wildman–Crippen LogP) is 2.09. The van der Waals surface area contributed by atoms with E-state index in [9.17, 15) is 9.90 Å². The summed E-state index contributed by atoms with van der Waals surface area (Å²) < 4.78 is 0. The summed E-state index contributed by atoms with van der Waals surface area (Å²) in [5, 5.41) is 9.82. The van der Waals surface area contributed by atoms with E-state index in [0.29, 0.717) is 6.42 Å². The van der Waals surface area contributed by atoms with Crippen LogP contribution in [0.5, 0.6) is 0 Å². The molecule has 0 saturated carbocycles. The molecule has 3 atom stereocenters. The average Bonchev–Trinajstić information content (AvgIpc) is 2.48. The molecule has 0 aromatic carbocycles. The Hall–Kier alpha value is -0.890. The lowest BCUT2D eigenvalue weighted by molar-refractivity contribution is -0.122. The van der Waals surface area contributed by atoms with Crippen molar-refractivity contribution in [2.75, 3.05) is 0 Å². The summed E-state index contributed by atoms with van der Waals surface area (Å²) >= 11 is 0. The van der Waals surface area contributed by atoms with Crippen molar-refractivity contribution in [3.8, 4) is 0 Å². The van der Waals surface area contributed by atoms with Crippen LogP contribution in [0.25, 0.3) is 0 Å². The first-order valence-electron chi connectivity index (χ1n) is 5.21. The Morgan fingerprint density at radius 1 is 1.71 bits per heavy atom. The first-order chi connectivity index (χ1) is 6.70. The van der Waals surface area contributed by atoms with Gasteiger partial charge in [0.2, 0.25) is 0 Å². The molecule has 14 heavy (non-hydrogen) atoms. The topological polar surface area (TPSA) is 37.3 Å². The summed E-state index contributed by atoms with van der Waals surface area (Å²) in [6.07, 6.45) is 7.18. The van der Waals surface area contributed by atoms with Crippen molar-refractivity contribution >= 4 is 5.78 Å². The van der Waals surface area contributed by atoms with Crippen molar-refractivity contribution in [3.63, 3.8) is 0 Å². The number of rotatable bonds is 5. The lowest BCUT2D eigenvalue weighted by Crippen LogP contribution is -2.29. The van der Waals surface area contributed by atoms with Gasteiger partial charge >= 0.3 is 0 Å². The standard InChI is InChI=1S/C12H18O2/c1-3-5-9-7-8-11(14)12(9)10(13)6-4-2/h3,7-10,12-13H,1,4-6H2,2H3. The lowest BCUT2D eigenvalue weighted by Gasteiger charge is -2.22. The molecule has 0 saturated heterocycles. The van der Waals surface area contributed by atoms with Gasteiger partial charge in [0.25, 0.3) is 0 Å². The first kappa shape index (κ1) is 11.2. The minimum atomic E-state index is -0.493. The van der Waals surface area contributed by atoms with Crippen LogP contribution in [0.1, 0.15) is 26.2 Å². The molecule has 1 aliphatic carbocycles. The molecule has 78 valence electrons. The molecule has 0 bridgehead atoms. The average molecular weight is 194 g/mol. The fourth-order valence-electron chi connectivity index (χ4n) is 2.03. The maximum absolute atomic E-state index is 11.5. The number of carbonyl (C=O) groups is 1. The zero-order valence-corrected chi connectivity index (χ0v) is 8.65. The van der Waals surface area contributed by atoms with Crippen LogP contribution >= 0.6 is 0 Å². The lowest BCUT2D eigenvalue weighted by atomic mass is 9.85. The van der Waals surface area contributed by atoms with E-state index >= 15 is 0 Å². The molecule has 0 aromatic heterocycles. The van der Waals surface area contributed by atoms with Gasteiger partial charge in [0.05, 0.1) is 12.0 Å². The highest BCUT2D eigenvalue weighted by atomic mass is 16.3. The summed E-state index contributed by atoms with van der Waals surface area (Å²) in [5.74, 6) is -0.00713. The molecular formula is C12H18O2. The molecule has 0 fully saturated rings. The maximum Gasteiger partial charge on any atom is 0.161 e. The van der Waals surface area contributed by atoms with Gasteiger partial charge in [0.1, 0.15) is 0 Å². The highest BCUT2D eigenvalue weighted by molar-refractivity contribution is 5.95. The van der Waals surface area contributed by atoms with Gasteiger partial charge in [0.15, 0.2) is 5.78 Å². The van der Waals surface area contributed by atoms with Gasteiger partial charge < -0.3 is 5.11 Å². The molecule has 0 spiro atoms. The number of allylic oxidation sites excluding steroid dienone is 3. The summed E-state index contributed by atoms with van der Waals surface area (Å²) in [6, 6.07) is 0. The Morgan fingerprint density at radius 2 is 2.43 bits per heavy atom. The number of hydrogen-bond acceptors (Lipinski definition) is 2. The van der Waals surface area contributed by atoms with Gasteiger partial charge in [-0.15, -0.1) is 6.58 Å². The van der Waals surface area contributed by atoms with Crippen LogP contribution in [0.2, 0.25) is 0 Å². The summed E-state index contributed by atoms with van der Waals surface area (Å²) in [6.45, 7) is 5.67. The van der Waals surface area contributed by atoms with Gasteiger partial charge in [-0.05, 0) is 24.8 Å². The third-order valence-electron chi connectivity index (χ3n) is 2.74. The second-order valence-corrected chi connectivity index (χ2v) is 3.83. The van der Waals surface area contributed by atoms with Crippen LogP contribution in [-0.2, 0) is 4.79 Å². The molecule has 3 unspecified atom stereocenters. The van der Waals surface area contributed by atoms with E-state index in [1.165, 1.54) is 0 Å². The second kappa shape index (κ2) is 5.11. The Balaban J connectivity index is 2.64. The van der Waals surface area contributed by atoms with Gasteiger partial charge in [-0.3, -0.25) is 4.79 Å². The van der Waals surface area contributed by atoms with Gasteiger partial charge in [-0.2, -0.15) is 0 Å². The molecule has 0 aromatic rings. The molecule has 2 nitrogen and oxygen atoms in total. The van der Waals surface area contributed by atoms with E-state index in [0.717, 1.165) is 12.8 Å². The van der Waals surface area contributed by atoms with E-state index in [1.54, 1.807) is 12.2 Å². The molecule has 1 N–H and O–H groups in total. The maximum atomic E-state index is 11.5. The minimum Gasteiger partial charge on any atom is -0.392 e. The Kier molecular flexibility index (Phi) is 4.08. The third kappa shape index (κ3) is 2.32. The molecule has 1 aliphatic rings. The van der Waals surface area contributed by atoms with Crippen molar-refractivity contribution in [1.82, 2.24) is 0 Å². The molecule has 0 radical (unpaired) electrons. The zero-order valence-electron chi connectivity index (χ0n) is 8.65. The zero-order chi connectivity index (χ0) is 10.6. The second-order valence-electron chi connectivity index (χ2n) is 3.83. The highest BCUT2D eigenvalue weighted by Gasteiger charge is 2.34. The summed E-state index contributed by atoms with van der Waals surface area (Å²) in [5.41, 5.74) is 0. The minimum absolute atomic E-state index is 0.0674. The fourth-order valence-corrected chi connectivity index (χ4v) is 2.03. The van der Waals surface area contributed by atoms with Gasteiger partial charge in [-0.1, -0.05) is 25.5 Å². The van der Waals surface area contributed by atoms with Crippen molar-refractivity contribution < 1.29 is 9.90 Å². The Bertz CT molecular complexity index is 243. The first-order valence-corrected chi connectivity index (χ1v) is 5.21. The number of aliphatic hydroxyl groups excluding tert-OH is 1. The van der Waals surface area contributed by atoms with Crippen molar-refractivity contribution in [2.24, 2.45) is 11.8 Å². The molecule has 2 heteroatoms. The van der Waals surface area contributed by atoms with Crippen LogP contribution in [0.4, 0.5) is 0 Å². The number of ketones is 1.